The lowest BCUT2D eigenvalue weighted by molar-refractivity contribution is 0.103. The van der Waals surface area contributed by atoms with Crippen molar-refractivity contribution >= 4 is 17.1 Å². The Kier molecular flexibility index (Phi) is 2.65. The van der Waals surface area contributed by atoms with Crippen LogP contribution in [0.2, 0.25) is 0 Å². The number of allylic oxidation sites excluding steroid dienone is 1. The number of ether oxygens (including phenoxy) is 1. The Bertz CT molecular complexity index is 312. The number of carbonyl (C=O) groups is 1. The lowest BCUT2D eigenvalue weighted by Crippen LogP contribution is -1.98. The van der Waals surface area contributed by atoms with Crippen molar-refractivity contribution in [2.24, 2.45) is 0 Å². The van der Waals surface area contributed by atoms with Crippen LogP contribution in [-0.4, -0.2) is 12.9 Å². The first-order valence-corrected chi connectivity index (χ1v) is 4.36. The summed E-state index contributed by atoms with van der Waals surface area (Å²) in [4.78, 5) is 12.0. The van der Waals surface area contributed by atoms with E-state index in [0.717, 1.165) is 0 Å². The molecule has 0 radical (unpaired) electrons. The van der Waals surface area contributed by atoms with Gasteiger partial charge in [-0.1, -0.05) is 6.58 Å². The minimum Gasteiger partial charge on any atom is -0.495 e. The molecule has 0 aliphatic carbocycles. The van der Waals surface area contributed by atoms with Gasteiger partial charge in [-0.2, -0.15) is 0 Å². The molecule has 0 saturated carbocycles. The van der Waals surface area contributed by atoms with Gasteiger partial charge in [0.1, 0.15) is 10.6 Å². The second-order valence-electron chi connectivity index (χ2n) is 2.43. The fraction of sp³-hybridized carbons (Fsp3) is 0.222. The van der Waals surface area contributed by atoms with Crippen LogP contribution < -0.4 is 4.74 Å². The molecule has 0 fully saturated rings. The van der Waals surface area contributed by atoms with E-state index < -0.39 is 0 Å². The normalized spacial score (nSPS) is 9.50. The average molecular weight is 182 g/mol. The molecule has 1 rings (SSSR count). The molecule has 1 aromatic heterocycles. The summed E-state index contributed by atoms with van der Waals surface area (Å²) in [5.74, 6) is 0.592. The molecule has 0 bridgehead atoms. The lowest BCUT2D eigenvalue weighted by atomic mass is 10.2. The van der Waals surface area contributed by atoms with Gasteiger partial charge in [-0.05, 0) is 23.9 Å². The monoisotopic (exact) mass is 182 g/mol. The van der Waals surface area contributed by atoms with Crippen LogP contribution in [0.25, 0.3) is 0 Å². The highest BCUT2D eigenvalue weighted by molar-refractivity contribution is 7.12. The second kappa shape index (κ2) is 3.54. The summed E-state index contributed by atoms with van der Waals surface area (Å²) < 4.78 is 5.01. The molecule has 1 heterocycles. The smallest absolute Gasteiger partial charge is 0.201 e. The van der Waals surface area contributed by atoms with Crippen molar-refractivity contribution in [1.29, 1.82) is 0 Å². The van der Waals surface area contributed by atoms with E-state index in [2.05, 4.69) is 6.58 Å². The van der Waals surface area contributed by atoms with Crippen molar-refractivity contribution in [1.82, 2.24) is 0 Å². The maximum Gasteiger partial charge on any atom is 0.201 e. The number of rotatable bonds is 3. The van der Waals surface area contributed by atoms with E-state index in [1.54, 1.807) is 20.1 Å². The van der Waals surface area contributed by atoms with Crippen LogP contribution in [0.15, 0.2) is 23.6 Å². The second-order valence-corrected chi connectivity index (χ2v) is 3.34. The molecule has 0 N–H and O–H groups in total. The quantitative estimate of drug-likeness (QED) is 0.530. The standard InChI is InChI=1S/C9H10O2S/c1-6(2)8(10)9-7(11-3)4-5-12-9/h4-5H,1H2,2-3H3. The van der Waals surface area contributed by atoms with E-state index >= 15 is 0 Å². The Morgan fingerprint density at radius 2 is 2.33 bits per heavy atom. The van der Waals surface area contributed by atoms with Gasteiger partial charge in [0.25, 0.3) is 0 Å². The van der Waals surface area contributed by atoms with Crippen LogP contribution in [0, 0.1) is 0 Å². The van der Waals surface area contributed by atoms with Gasteiger partial charge in [-0.25, -0.2) is 0 Å². The topological polar surface area (TPSA) is 26.3 Å². The first kappa shape index (κ1) is 9.00. The SMILES string of the molecule is C=C(C)C(=O)c1sccc1OC. The van der Waals surface area contributed by atoms with Crippen LogP contribution in [0.3, 0.4) is 0 Å². The van der Waals surface area contributed by atoms with Crippen LogP contribution in [-0.2, 0) is 0 Å². The van der Waals surface area contributed by atoms with Crippen molar-refractivity contribution in [3.8, 4) is 5.75 Å². The van der Waals surface area contributed by atoms with Crippen molar-refractivity contribution < 1.29 is 9.53 Å². The largest absolute Gasteiger partial charge is 0.495 e. The molecule has 2 nitrogen and oxygen atoms in total. The van der Waals surface area contributed by atoms with E-state index in [9.17, 15) is 4.79 Å². The molecule has 0 unspecified atom stereocenters. The first-order valence-electron chi connectivity index (χ1n) is 3.48. The maximum absolute atomic E-state index is 11.4. The summed E-state index contributed by atoms with van der Waals surface area (Å²) in [6.45, 7) is 5.28. The predicted molar refractivity (Wildman–Crippen MR) is 50.0 cm³/mol. The van der Waals surface area contributed by atoms with E-state index in [4.69, 9.17) is 4.74 Å². The van der Waals surface area contributed by atoms with Crippen LogP contribution >= 0.6 is 11.3 Å². The minimum atomic E-state index is -0.0400. The van der Waals surface area contributed by atoms with Crippen molar-refractivity contribution in [2.45, 2.75) is 6.92 Å². The highest BCUT2D eigenvalue weighted by atomic mass is 32.1. The first-order chi connectivity index (χ1) is 5.66. The van der Waals surface area contributed by atoms with Gasteiger partial charge in [-0.15, -0.1) is 11.3 Å². The van der Waals surface area contributed by atoms with E-state index in [0.29, 0.717) is 16.2 Å². The summed E-state index contributed by atoms with van der Waals surface area (Å²) in [7, 11) is 1.55. The fourth-order valence-corrected chi connectivity index (χ4v) is 1.69. The molecule has 0 aliphatic heterocycles. The molecule has 3 heteroatoms. The van der Waals surface area contributed by atoms with Gasteiger partial charge in [0.2, 0.25) is 5.78 Å². The zero-order valence-corrected chi connectivity index (χ0v) is 7.90. The van der Waals surface area contributed by atoms with Crippen molar-refractivity contribution in [3.05, 3.63) is 28.5 Å². The number of thiophene rings is 1. The number of carbonyl (C=O) groups excluding carboxylic acids is 1. The molecular formula is C9H10O2S. The zero-order chi connectivity index (χ0) is 9.14. The fourth-order valence-electron chi connectivity index (χ4n) is 0.818. The highest BCUT2D eigenvalue weighted by Crippen LogP contribution is 2.26. The Labute approximate surface area is 75.5 Å². The third-order valence-corrected chi connectivity index (χ3v) is 2.34. The van der Waals surface area contributed by atoms with E-state index in [1.807, 2.05) is 5.38 Å². The molecule has 1 aromatic rings. The maximum atomic E-state index is 11.4. The molecule has 0 atom stereocenters. The minimum absolute atomic E-state index is 0.0400. The zero-order valence-electron chi connectivity index (χ0n) is 7.09. The van der Waals surface area contributed by atoms with Crippen LogP contribution in [0.1, 0.15) is 16.6 Å². The Morgan fingerprint density at radius 3 is 2.83 bits per heavy atom. The van der Waals surface area contributed by atoms with Gasteiger partial charge in [0, 0.05) is 0 Å². The highest BCUT2D eigenvalue weighted by Gasteiger charge is 2.13. The molecule has 0 amide bonds. The van der Waals surface area contributed by atoms with Gasteiger partial charge < -0.3 is 4.74 Å². The van der Waals surface area contributed by atoms with Gasteiger partial charge in [0.05, 0.1) is 7.11 Å². The summed E-state index contributed by atoms with van der Waals surface area (Å²) in [6.07, 6.45) is 0. The van der Waals surface area contributed by atoms with Crippen LogP contribution in [0.5, 0.6) is 5.75 Å². The predicted octanol–water partition coefficient (Wildman–Crippen LogP) is 2.52. The Balaban J connectivity index is 3.02. The number of hydrogen-bond acceptors (Lipinski definition) is 3. The number of Topliss-reactive ketones (excluding diaryl/α,β-unsaturated/α-hetero) is 1. The number of methoxy groups -OCH3 is 1. The third kappa shape index (κ3) is 1.56. The summed E-state index contributed by atoms with van der Waals surface area (Å²) in [5.41, 5.74) is 0.538. The summed E-state index contributed by atoms with van der Waals surface area (Å²) in [5, 5.41) is 1.83. The van der Waals surface area contributed by atoms with Crippen molar-refractivity contribution in [3.63, 3.8) is 0 Å². The number of hydrogen-bond donors (Lipinski definition) is 0. The van der Waals surface area contributed by atoms with E-state index in [1.165, 1.54) is 11.3 Å². The Morgan fingerprint density at radius 1 is 1.67 bits per heavy atom. The molecule has 0 saturated heterocycles. The van der Waals surface area contributed by atoms with Gasteiger partial charge in [0.15, 0.2) is 0 Å². The van der Waals surface area contributed by atoms with Gasteiger partial charge >= 0.3 is 0 Å². The molecule has 0 aromatic carbocycles. The number of ketones is 1. The van der Waals surface area contributed by atoms with Gasteiger partial charge in [-0.3, -0.25) is 4.79 Å². The molecular weight excluding hydrogens is 172 g/mol. The summed E-state index contributed by atoms with van der Waals surface area (Å²) in [6, 6.07) is 1.78. The van der Waals surface area contributed by atoms with Crippen LogP contribution in [0.4, 0.5) is 0 Å². The van der Waals surface area contributed by atoms with Crippen molar-refractivity contribution in [2.75, 3.05) is 7.11 Å². The third-order valence-electron chi connectivity index (χ3n) is 1.44. The molecule has 12 heavy (non-hydrogen) atoms. The average Bonchev–Trinajstić information content (AvgIpc) is 2.49. The Hall–Kier alpha value is -1.09. The summed E-state index contributed by atoms with van der Waals surface area (Å²) >= 11 is 1.38. The lowest BCUT2D eigenvalue weighted by Gasteiger charge is -1.99. The molecule has 0 aliphatic rings. The van der Waals surface area contributed by atoms with E-state index in [-0.39, 0.29) is 5.78 Å². The molecule has 0 spiro atoms. The molecule has 64 valence electrons.